The highest BCUT2D eigenvalue weighted by atomic mass is 32.2. The summed E-state index contributed by atoms with van der Waals surface area (Å²) >= 11 is 0. The van der Waals surface area contributed by atoms with Crippen molar-refractivity contribution < 1.29 is 17.5 Å². The minimum absolute atomic E-state index is 0.163. The summed E-state index contributed by atoms with van der Waals surface area (Å²) in [5.74, 6) is -0.304. The molecule has 0 spiro atoms. The maximum Gasteiger partial charge on any atom is 0.0946 e. The van der Waals surface area contributed by atoms with Gasteiger partial charge < -0.3 is 14.4 Å². The summed E-state index contributed by atoms with van der Waals surface area (Å²) in [4.78, 5) is 0. The highest BCUT2D eigenvalue weighted by Crippen LogP contribution is 2.16. The van der Waals surface area contributed by atoms with Crippen LogP contribution in [0.15, 0.2) is 30.3 Å². The Bertz CT molecular complexity index is 628. The minimum Gasteiger partial charge on any atom is -0.748 e. The van der Waals surface area contributed by atoms with Crippen LogP contribution in [0.3, 0.4) is 0 Å². The molecule has 1 N–H and O–H groups in total. The summed E-state index contributed by atoms with van der Waals surface area (Å²) in [5, 5.41) is 3.17. The standard InChI is InChI=1S/C16H36N.C11H17NO3S/c1-5-9-13-17(14-10-6-2,15-11-7-3)16-12-8-4;1-10(11-6-3-2-4-7-11)12-8-5-9-16(13,14)15/h5-16H2,1-4H3;2-4,6-7,10,12H,5,8-9H2,1H3,(H,13,14,15)/q+1;/p-1/t;10-/m.1/s1. The van der Waals surface area contributed by atoms with Gasteiger partial charge in [-0.05, 0) is 51.1 Å². The molecule has 0 unspecified atom stereocenters. The number of rotatable bonds is 18. The number of quaternary nitrogens is 1. The third-order valence-corrected chi connectivity index (χ3v) is 7.05. The second-order valence-corrected chi connectivity index (χ2v) is 10.9. The Hall–Kier alpha value is -0.950. The van der Waals surface area contributed by atoms with Gasteiger partial charge >= 0.3 is 0 Å². The molecule has 0 aliphatic carbocycles. The van der Waals surface area contributed by atoms with Gasteiger partial charge in [0.15, 0.2) is 0 Å². The molecule has 0 saturated heterocycles. The van der Waals surface area contributed by atoms with Crippen LogP contribution in [0.2, 0.25) is 0 Å². The zero-order chi connectivity index (χ0) is 25.0. The van der Waals surface area contributed by atoms with E-state index < -0.39 is 10.1 Å². The number of nitrogens with one attached hydrogen (secondary N) is 1. The predicted octanol–water partition coefficient (Wildman–Crippen LogP) is 6.28. The Morgan fingerprint density at radius 2 is 1.21 bits per heavy atom. The van der Waals surface area contributed by atoms with Gasteiger partial charge in [0.2, 0.25) is 0 Å². The Kier molecular flexibility index (Phi) is 18.8. The molecule has 0 fully saturated rings. The van der Waals surface area contributed by atoms with E-state index >= 15 is 0 Å². The first kappa shape index (κ1) is 32.0. The summed E-state index contributed by atoms with van der Waals surface area (Å²) in [5.41, 5.74) is 1.15. The first-order valence-electron chi connectivity index (χ1n) is 13.3. The van der Waals surface area contributed by atoms with Crippen molar-refractivity contribution in [2.45, 2.75) is 98.4 Å². The zero-order valence-electron chi connectivity index (χ0n) is 22.2. The zero-order valence-corrected chi connectivity index (χ0v) is 23.0. The number of nitrogens with zero attached hydrogens (tertiary/aromatic N) is 1. The Labute approximate surface area is 205 Å². The molecule has 0 aromatic heterocycles. The number of benzene rings is 1. The average Bonchev–Trinajstić information content (AvgIpc) is 2.81. The van der Waals surface area contributed by atoms with Crippen LogP contribution in [0, 0.1) is 0 Å². The summed E-state index contributed by atoms with van der Waals surface area (Å²) in [6, 6.07) is 10.0. The fourth-order valence-corrected chi connectivity index (χ4v) is 4.57. The van der Waals surface area contributed by atoms with Gasteiger partial charge in [-0.15, -0.1) is 0 Å². The van der Waals surface area contributed by atoms with E-state index in [1.54, 1.807) is 0 Å². The molecule has 0 heterocycles. The number of hydrogen-bond acceptors (Lipinski definition) is 4. The summed E-state index contributed by atoms with van der Waals surface area (Å²) < 4.78 is 32.5. The third-order valence-electron chi connectivity index (χ3n) is 6.27. The summed E-state index contributed by atoms with van der Waals surface area (Å²) in [6.07, 6.45) is 11.4. The molecule has 1 atom stereocenters. The van der Waals surface area contributed by atoms with Crippen molar-refractivity contribution in [1.29, 1.82) is 0 Å². The number of unbranched alkanes of at least 4 members (excludes halogenated alkanes) is 4. The lowest BCUT2D eigenvalue weighted by atomic mass is 10.1. The van der Waals surface area contributed by atoms with Gasteiger partial charge in [0, 0.05) is 11.8 Å². The minimum atomic E-state index is -4.08. The van der Waals surface area contributed by atoms with Gasteiger partial charge in [0.05, 0.1) is 36.3 Å². The fourth-order valence-electron chi connectivity index (χ4n) is 4.07. The fraction of sp³-hybridized carbons (Fsp3) is 0.778. The van der Waals surface area contributed by atoms with E-state index in [-0.39, 0.29) is 11.8 Å². The van der Waals surface area contributed by atoms with E-state index in [9.17, 15) is 13.0 Å². The van der Waals surface area contributed by atoms with Gasteiger partial charge in [0.25, 0.3) is 0 Å². The van der Waals surface area contributed by atoms with E-state index in [1.165, 1.54) is 82.0 Å². The van der Waals surface area contributed by atoms with E-state index in [1.807, 2.05) is 37.3 Å². The summed E-state index contributed by atoms with van der Waals surface area (Å²) in [7, 11) is -4.08. The predicted molar refractivity (Wildman–Crippen MR) is 141 cm³/mol. The molecule has 5 nitrogen and oxygen atoms in total. The van der Waals surface area contributed by atoms with Crippen molar-refractivity contribution in [2.24, 2.45) is 0 Å². The molecule has 0 aliphatic rings. The lowest BCUT2D eigenvalue weighted by Crippen LogP contribution is -2.50. The monoisotopic (exact) mass is 484 g/mol. The van der Waals surface area contributed by atoms with Crippen molar-refractivity contribution in [3.63, 3.8) is 0 Å². The van der Waals surface area contributed by atoms with E-state index in [0.29, 0.717) is 13.0 Å². The Morgan fingerprint density at radius 3 is 1.58 bits per heavy atom. The van der Waals surface area contributed by atoms with Crippen LogP contribution in [0.5, 0.6) is 0 Å². The van der Waals surface area contributed by atoms with Crippen LogP contribution in [0.25, 0.3) is 0 Å². The normalized spacial score (nSPS) is 12.8. The van der Waals surface area contributed by atoms with Crippen molar-refractivity contribution in [3.05, 3.63) is 35.9 Å². The van der Waals surface area contributed by atoms with Gasteiger partial charge in [-0.2, -0.15) is 0 Å². The molecule has 33 heavy (non-hydrogen) atoms. The van der Waals surface area contributed by atoms with Crippen molar-refractivity contribution in [1.82, 2.24) is 5.32 Å². The van der Waals surface area contributed by atoms with Gasteiger partial charge in [-0.3, -0.25) is 0 Å². The smallest absolute Gasteiger partial charge is 0.0946 e. The average molecular weight is 485 g/mol. The van der Waals surface area contributed by atoms with Gasteiger partial charge in [-0.25, -0.2) is 8.42 Å². The topological polar surface area (TPSA) is 69.2 Å². The van der Waals surface area contributed by atoms with E-state index in [2.05, 4.69) is 33.0 Å². The van der Waals surface area contributed by atoms with Crippen LogP contribution < -0.4 is 5.32 Å². The Morgan fingerprint density at radius 1 is 0.788 bits per heavy atom. The SMILES string of the molecule is CCCC[N+](CCCC)(CCCC)CCCC.C[C@@H](NCCCS(=O)(=O)[O-])c1ccccc1. The van der Waals surface area contributed by atoms with Crippen LogP contribution >= 0.6 is 0 Å². The number of hydrogen-bond donors (Lipinski definition) is 1. The molecule has 6 heteroatoms. The van der Waals surface area contributed by atoms with Crippen LogP contribution in [0.1, 0.15) is 104 Å². The molecule has 1 rings (SSSR count). The first-order chi connectivity index (χ1) is 15.7. The highest BCUT2D eigenvalue weighted by Gasteiger charge is 2.24. The van der Waals surface area contributed by atoms with E-state index in [0.717, 1.165) is 5.56 Å². The van der Waals surface area contributed by atoms with Crippen molar-refractivity contribution in [2.75, 3.05) is 38.5 Å². The second-order valence-electron chi connectivity index (χ2n) is 9.35. The highest BCUT2D eigenvalue weighted by molar-refractivity contribution is 7.85. The lowest BCUT2D eigenvalue weighted by molar-refractivity contribution is -0.929. The van der Waals surface area contributed by atoms with Crippen molar-refractivity contribution >= 4 is 10.1 Å². The molecule has 1 aromatic carbocycles. The molecule has 0 amide bonds. The van der Waals surface area contributed by atoms with Crippen LogP contribution in [-0.2, 0) is 10.1 Å². The molecule has 0 bridgehead atoms. The first-order valence-corrected chi connectivity index (χ1v) is 14.9. The van der Waals surface area contributed by atoms with Crippen LogP contribution in [0.4, 0.5) is 0 Å². The van der Waals surface area contributed by atoms with E-state index in [4.69, 9.17) is 0 Å². The Balaban J connectivity index is 0.000000621. The van der Waals surface area contributed by atoms with Crippen molar-refractivity contribution in [3.8, 4) is 0 Å². The maximum atomic E-state index is 10.4. The quantitative estimate of drug-likeness (QED) is 0.151. The van der Waals surface area contributed by atoms with Gasteiger partial charge in [-0.1, -0.05) is 83.7 Å². The molecule has 194 valence electrons. The van der Waals surface area contributed by atoms with Crippen LogP contribution in [-0.4, -0.2) is 55.9 Å². The third kappa shape index (κ3) is 17.2. The molecule has 0 aliphatic heterocycles. The molecular weight excluding hydrogens is 432 g/mol. The molecule has 1 aromatic rings. The largest absolute Gasteiger partial charge is 0.748 e. The molecule has 0 radical (unpaired) electrons. The van der Waals surface area contributed by atoms with Gasteiger partial charge in [0.1, 0.15) is 0 Å². The molecular formula is C27H52N2O3S. The maximum absolute atomic E-state index is 10.4. The molecule has 0 saturated carbocycles. The summed E-state index contributed by atoms with van der Waals surface area (Å²) in [6.45, 7) is 17.5. The lowest BCUT2D eigenvalue weighted by Gasteiger charge is -2.39. The second kappa shape index (κ2) is 19.4.